The fourth-order valence-electron chi connectivity index (χ4n) is 3.62. The number of nitrogens with zero attached hydrogens (tertiary/aromatic N) is 3. The summed E-state index contributed by atoms with van der Waals surface area (Å²) in [7, 11) is 0. The minimum absolute atomic E-state index is 0.0676. The van der Waals surface area contributed by atoms with Crippen LogP contribution in [0.25, 0.3) is 11.4 Å². The third-order valence-electron chi connectivity index (χ3n) is 5.15. The van der Waals surface area contributed by atoms with E-state index in [1.54, 1.807) is 18.3 Å². The molecule has 1 atom stereocenters. The van der Waals surface area contributed by atoms with Gasteiger partial charge in [-0.3, -0.25) is 4.79 Å². The number of rotatable bonds is 5. The van der Waals surface area contributed by atoms with Crippen LogP contribution >= 0.6 is 0 Å². The number of piperidine rings is 1. The van der Waals surface area contributed by atoms with Crippen molar-refractivity contribution in [2.75, 3.05) is 18.0 Å². The van der Waals surface area contributed by atoms with Gasteiger partial charge in [0, 0.05) is 31.4 Å². The summed E-state index contributed by atoms with van der Waals surface area (Å²) >= 11 is 0. The number of amides is 1. The maximum Gasteiger partial charge on any atom is 0.225 e. The number of carbonyl (C=O) groups excluding carboxylic acids is 1. The van der Waals surface area contributed by atoms with Crippen molar-refractivity contribution in [1.82, 2.24) is 15.3 Å². The lowest BCUT2D eigenvalue weighted by atomic mass is 9.97. The summed E-state index contributed by atoms with van der Waals surface area (Å²) in [5.41, 5.74) is 1.73. The van der Waals surface area contributed by atoms with E-state index in [2.05, 4.69) is 20.2 Å². The van der Waals surface area contributed by atoms with Crippen molar-refractivity contribution in [2.45, 2.75) is 19.4 Å². The molecule has 3 aromatic rings. The number of halogens is 1. The van der Waals surface area contributed by atoms with Gasteiger partial charge in [-0.1, -0.05) is 42.5 Å². The van der Waals surface area contributed by atoms with Crippen molar-refractivity contribution in [2.24, 2.45) is 5.92 Å². The number of carbonyl (C=O) groups is 1. The molecule has 0 aliphatic carbocycles. The molecule has 1 amide bonds. The van der Waals surface area contributed by atoms with Crippen LogP contribution < -0.4 is 10.2 Å². The summed E-state index contributed by atoms with van der Waals surface area (Å²) in [6, 6.07) is 18.0. The average molecular weight is 390 g/mol. The van der Waals surface area contributed by atoms with Crippen molar-refractivity contribution in [1.29, 1.82) is 0 Å². The lowest BCUT2D eigenvalue weighted by molar-refractivity contribution is -0.125. The van der Waals surface area contributed by atoms with Gasteiger partial charge in [0.2, 0.25) is 5.91 Å². The summed E-state index contributed by atoms with van der Waals surface area (Å²) < 4.78 is 13.5. The molecule has 1 saturated heterocycles. The van der Waals surface area contributed by atoms with Crippen LogP contribution in [-0.2, 0) is 11.3 Å². The maximum absolute atomic E-state index is 13.5. The first-order chi connectivity index (χ1) is 14.2. The zero-order chi connectivity index (χ0) is 20.1. The summed E-state index contributed by atoms with van der Waals surface area (Å²) in [6.07, 6.45) is 3.46. The molecule has 1 aliphatic heterocycles. The highest BCUT2D eigenvalue weighted by Gasteiger charge is 2.26. The second-order valence-corrected chi connectivity index (χ2v) is 7.24. The molecule has 6 heteroatoms. The Morgan fingerprint density at radius 2 is 2.00 bits per heavy atom. The van der Waals surface area contributed by atoms with Crippen molar-refractivity contribution in [3.8, 4) is 11.4 Å². The Morgan fingerprint density at radius 3 is 2.83 bits per heavy atom. The van der Waals surface area contributed by atoms with Crippen LogP contribution in [0.15, 0.2) is 66.9 Å². The third kappa shape index (κ3) is 4.77. The standard InChI is InChI=1S/C23H23FN4O/c24-20-10-4-8-18(14-20)22-25-12-11-21(27-22)28-13-5-9-19(16-28)23(29)26-15-17-6-2-1-3-7-17/h1-4,6-8,10-12,14,19H,5,9,13,15-16H2,(H,26,29)/t19-/m0/s1. The van der Waals surface area contributed by atoms with E-state index >= 15 is 0 Å². The fraction of sp³-hybridized carbons (Fsp3) is 0.261. The molecule has 4 rings (SSSR count). The lowest BCUT2D eigenvalue weighted by Gasteiger charge is -2.33. The Labute approximate surface area is 169 Å². The first-order valence-electron chi connectivity index (χ1n) is 9.84. The molecular formula is C23H23FN4O. The number of hydrogen-bond acceptors (Lipinski definition) is 4. The Hall–Kier alpha value is -3.28. The first-order valence-corrected chi connectivity index (χ1v) is 9.84. The molecule has 0 unspecified atom stereocenters. The second kappa shape index (κ2) is 8.82. The lowest BCUT2D eigenvalue weighted by Crippen LogP contribution is -2.43. The van der Waals surface area contributed by atoms with E-state index in [0.29, 0.717) is 24.5 Å². The highest BCUT2D eigenvalue weighted by Crippen LogP contribution is 2.24. The Morgan fingerprint density at radius 1 is 1.14 bits per heavy atom. The van der Waals surface area contributed by atoms with Gasteiger partial charge in [0.1, 0.15) is 11.6 Å². The molecular weight excluding hydrogens is 367 g/mol. The van der Waals surface area contributed by atoms with Crippen LogP contribution in [0.4, 0.5) is 10.2 Å². The number of benzene rings is 2. The normalized spacial score (nSPS) is 16.4. The van der Waals surface area contributed by atoms with Crippen LogP contribution in [0.1, 0.15) is 18.4 Å². The van der Waals surface area contributed by atoms with Crippen molar-refractivity contribution in [3.63, 3.8) is 0 Å². The van der Waals surface area contributed by atoms with Gasteiger partial charge in [-0.2, -0.15) is 0 Å². The highest BCUT2D eigenvalue weighted by molar-refractivity contribution is 5.79. The zero-order valence-corrected chi connectivity index (χ0v) is 16.1. The largest absolute Gasteiger partial charge is 0.356 e. The molecule has 5 nitrogen and oxygen atoms in total. The van der Waals surface area contributed by atoms with Gasteiger partial charge in [0.25, 0.3) is 0 Å². The molecule has 148 valence electrons. The van der Waals surface area contributed by atoms with E-state index in [1.807, 2.05) is 36.4 Å². The van der Waals surface area contributed by atoms with Crippen LogP contribution in [-0.4, -0.2) is 29.0 Å². The molecule has 0 radical (unpaired) electrons. The summed E-state index contributed by atoms with van der Waals surface area (Å²) in [5, 5.41) is 3.04. The smallest absolute Gasteiger partial charge is 0.225 e. The van der Waals surface area contributed by atoms with E-state index in [0.717, 1.165) is 30.8 Å². The Balaban J connectivity index is 1.43. The molecule has 0 bridgehead atoms. The molecule has 0 saturated carbocycles. The summed E-state index contributed by atoms with van der Waals surface area (Å²) in [6.45, 7) is 1.98. The minimum Gasteiger partial charge on any atom is -0.356 e. The number of aromatic nitrogens is 2. The van der Waals surface area contributed by atoms with Crippen molar-refractivity contribution < 1.29 is 9.18 Å². The van der Waals surface area contributed by atoms with Gasteiger partial charge in [-0.25, -0.2) is 14.4 Å². The van der Waals surface area contributed by atoms with Crippen LogP contribution in [0, 0.1) is 11.7 Å². The van der Waals surface area contributed by atoms with Crippen LogP contribution in [0.2, 0.25) is 0 Å². The Kier molecular flexibility index (Phi) is 5.79. The molecule has 0 spiro atoms. The molecule has 1 fully saturated rings. The second-order valence-electron chi connectivity index (χ2n) is 7.24. The quantitative estimate of drug-likeness (QED) is 0.720. The molecule has 1 N–H and O–H groups in total. The predicted octanol–water partition coefficient (Wildman–Crippen LogP) is 3.82. The van der Waals surface area contributed by atoms with E-state index in [4.69, 9.17) is 0 Å². The number of anilines is 1. The molecule has 1 aliphatic rings. The molecule has 1 aromatic heterocycles. The van der Waals surface area contributed by atoms with Gasteiger partial charge in [0.05, 0.1) is 5.92 Å². The van der Waals surface area contributed by atoms with Gasteiger partial charge in [-0.15, -0.1) is 0 Å². The van der Waals surface area contributed by atoms with Crippen molar-refractivity contribution >= 4 is 11.7 Å². The van der Waals surface area contributed by atoms with Crippen LogP contribution in [0.3, 0.4) is 0 Å². The van der Waals surface area contributed by atoms with Gasteiger partial charge < -0.3 is 10.2 Å². The predicted molar refractivity (Wildman–Crippen MR) is 111 cm³/mol. The fourth-order valence-corrected chi connectivity index (χ4v) is 3.62. The van der Waals surface area contributed by atoms with Crippen molar-refractivity contribution in [3.05, 3.63) is 78.2 Å². The summed E-state index contributed by atoms with van der Waals surface area (Å²) in [4.78, 5) is 23.7. The first kappa shape index (κ1) is 19.1. The number of hydrogen-bond donors (Lipinski definition) is 1. The monoisotopic (exact) mass is 390 g/mol. The van der Waals surface area contributed by atoms with Gasteiger partial charge in [-0.05, 0) is 36.6 Å². The number of nitrogens with one attached hydrogen (secondary N) is 1. The third-order valence-corrected chi connectivity index (χ3v) is 5.15. The highest BCUT2D eigenvalue weighted by atomic mass is 19.1. The molecule has 2 aromatic carbocycles. The van der Waals surface area contributed by atoms with Gasteiger partial charge in [0.15, 0.2) is 5.82 Å². The molecule has 2 heterocycles. The van der Waals surface area contributed by atoms with E-state index in [1.165, 1.54) is 12.1 Å². The summed E-state index contributed by atoms with van der Waals surface area (Å²) in [5.74, 6) is 0.917. The Bertz CT molecular complexity index is 979. The van der Waals surface area contributed by atoms with Crippen LogP contribution in [0.5, 0.6) is 0 Å². The van der Waals surface area contributed by atoms with Gasteiger partial charge >= 0.3 is 0 Å². The molecule has 29 heavy (non-hydrogen) atoms. The minimum atomic E-state index is -0.315. The zero-order valence-electron chi connectivity index (χ0n) is 16.1. The SMILES string of the molecule is O=C(NCc1ccccc1)[C@H]1CCCN(c2ccnc(-c3cccc(F)c3)n2)C1. The average Bonchev–Trinajstić information content (AvgIpc) is 2.78. The van der Waals surface area contributed by atoms with E-state index in [-0.39, 0.29) is 17.6 Å². The topological polar surface area (TPSA) is 58.1 Å². The van der Waals surface area contributed by atoms with E-state index < -0.39 is 0 Å². The van der Waals surface area contributed by atoms with E-state index in [9.17, 15) is 9.18 Å². The maximum atomic E-state index is 13.5.